The Balaban J connectivity index is 1.89. The SMILES string of the molecule is CC1CCC(C(C)C)C(OC(=O)/N=N/C(=O)OC2CC(C)CCC2C(C)C)C1. The highest BCUT2D eigenvalue weighted by molar-refractivity contribution is 5.73. The summed E-state index contributed by atoms with van der Waals surface area (Å²) in [6.07, 6.45) is 4.18. The molecule has 2 rings (SSSR count). The molecule has 0 aromatic heterocycles. The van der Waals surface area contributed by atoms with Gasteiger partial charge in [-0.25, -0.2) is 9.59 Å². The minimum absolute atomic E-state index is 0.157. The van der Waals surface area contributed by atoms with Gasteiger partial charge in [-0.2, -0.15) is 0 Å². The minimum atomic E-state index is -0.792. The van der Waals surface area contributed by atoms with Gasteiger partial charge in [0, 0.05) is 0 Å². The number of azo groups is 1. The Morgan fingerprint density at radius 3 is 1.39 bits per heavy atom. The van der Waals surface area contributed by atoms with E-state index in [1.807, 2.05) is 0 Å². The van der Waals surface area contributed by atoms with E-state index in [0.717, 1.165) is 38.5 Å². The van der Waals surface area contributed by atoms with E-state index in [9.17, 15) is 9.59 Å². The monoisotopic (exact) mass is 394 g/mol. The van der Waals surface area contributed by atoms with Crippen LogP contribution in [0.2, 0.25) is 0 Å². The highest BCUT2D eigenvalue weighted by Crippen LogP contribution is 2.36. The zero-order chi connectivity index (χ0) is 20.8. The van der Waals surface area contributed by atoms with Crippen molar-refractivity contribution in [2.45, 2.75) is 92.3 Å². The maximum atomic E-state index is 12.1. The van der Waals surface area contributed by atoms with E-state index in [-0.39, 0.29) is 12.2 Å². The summed E-state index contributed by atoms with van der Waals surface area (Å²) in [5, 5.41) is 6.96. The van der Waals surface area contributed by atoms with E-state index < -0.39 is 12.2 Å². The molecule has 6 unspecified atom stereocenters. The number of carbonyl (C=O) groups excluding carboxylic acids is 2. The number of rotatable bonds is 4. The molecule has 0 saturated heterocycles. The van der Waals surface area contributed by atoms with Crippen LogP contribution in [0.5, 0.6) is 0 Å². The molecule has 6 nitrogen and oxygen atoms in total. The number of carbonyl (C=O) groups is 2. The van der Waals surface area contributed by atoms with Crippen LogP contribution in [-0.2, 0) is 9.47 Å². The number of ether oxygens (including phenoxy) is 2. The fourth-order valence-corrected chi connectivity index (χ4v) is 4.89. The van der Waals surface area contributed by atoms with Crippen LogP contribution in [0.1, 0.15) is 80.1 Å². The molecule has 6 atom stereocenters. The van der Waals surface area contributed by atoms with Crippen molar-refractivity contribution in [3.8, 4) is 0 Å². The molecule has 0 radical (unpaired) electrons. The Morgan fingerprint density at radius 2 is 1.07 bits per heavy atom. The Hall–Kier alpha value is -1.46. The highest BCUT2D eigenvalue weighted by atomic mass is 16.6. The van der Waals surface area contributed by atoms with Crippen molar-refractivity contribution in [1.82, 2.24) is 0 Å². The number of nitrogens with zero attached hydrogens (tertiary/aromatic N) is 2. The summed E-state index contributed by atoms with van der Waals surface area (Å²) < 4.78 is 11.1. The van der Waals surface area contributed by atoms with Gasteiger partial charge in [0.25, 0.3) is 0 Å². The molecule has 0 heterocycles. The van der Waals surface area contributed by atoms with E-state index in [4.69, 9.17) is 9.47 Å². The number of hydrogen-bond donors (Lipinski definition) is 0. The quantitative estimate of drug-likeness (QED) is 0.501. The maximum Gasteiger partial charge on any atom is 0.452 e. The van der Waals surface area contributed by atoms with Crippen molar-refractivity contribution < 1.29 is 19.1 Å². The van der Waals surface area contributed by atoms with Gasteiger partial charge in [-0.05, 0) is 61.2 Å². The Morgan fingerprint density at radius 1 is 0.714 bits per heavy atom. The molecule has 2 fully saturated rings. The first-order valence-electron chi connectivity index (χ1n) is 11.0. The predicted octanol–water partition coefficient (Wildman–Crippen LogP) is 6.63. The smallest absolute Gasteiger partial charge is 0.443 e. The fourth-order valence-electron chi connectivity index (χ4n) is 4.89. The second kappa shape index (κ2) is 10.4. The van der Waals surface area contributed by atoms with E-state index in [0.29, 0.717) is 35.5 Å². The van der Waals surface area contributed by atoms with Crippen molar-refractivity contribution in [3.63, 3.8) is 0 Å². The predicted molar refractivity (Wildman–Crippen MR) is 108 cm³/mol. The molecule has 0 aromatic rings. The van der Waals surface area contributed by atoms with Crippen molar-refractivity contribution in [2.24, 2.45) is 45.7 Å². The van der Waals surface area contributed by atoms with Crippen molar-refractivity contribution >= 4 is 12.2 Å². The number of amides is 2. The van der Waals surface area contributed by atoms with Crippen LogP contribution in [0, 0.1) is 35.5 Å². The average molecular weight is 395 g/mol. The van der Waals surface area contributed by atoms with Gasteiger partial charge < -0.3 is 9.47 Å². The lowest BCUT2D eigenvalue weighted by Gasteiger charge is -2.36. The maximum absolute atomic E-state index is 12.1. The molecule has 160 valence electrons. The third-order valence-corrected chi connectivity index (χ3v) is 6.64. The molecular formula is C22H38N2O4. The molecule has 0 spiro atoms. The summed E-state index contributed by atoms with van der Waals surface area (Å²) in [5.41, 5.74) is 0. The van der Waals surface area contributed by atoms with E-state index in [2.05, 4.69) is 51.8 Å². The largest absolute Gasteiger partial charge is 0.452 e. The lowest BCUT2D eigenvalue weighted by atomic mass is 9.75. The first-order chi connectivity index (χ1) is 13.2. The van der Waals surface area contributed by atoms with Gasteiger partial charge in [0.15, 0.2) is 0 Å². The normalized spacial score (nSPS) is 34.0. The number of hydrogen-bond acceptors (Lipinski definition) is 4. The summed E-state index contributed by atoms with van der Waals surface area (Å²) in [4.78, 5) is 24.2. The summed E-state index contributed by atoms with van der Waals surface area (Å²) in [7, 11) is 0. The van der Waals surface area contributed by atoms with Crippen LogP contribution < -0.4 is 0 Å². The first kappa shape index (κ1) is 22.8. The molecule has 6 heteroatoms. The molecule has 28 heavy (non-hydrogen) atoms. The van der Waals surface area contributed by atoms with Gasteiger partial charge in [0.05, 0.1) is 0 Å². The zero-order valence-electron chi connectivity index (χ0n) is 18.4. The lowest BCUT2D eigenvalue weighted by molar-refractivity contribution is 0.00559. The van der Waals surface area contributed by atoms with Gasteiger partial charge >= 0.3 is 12.2 Å². The van der Waals surface area contributed by atoms with Crippen molar-refractivity contribution in [3.05, 3.63) is 0 Å². The van der Waals surface area contributed by atoms with Crippen molar-refractivity contribution in [1.29, 1.82) is 0 Å². The standard InChI is InChI=1S/C22H38N2O4/c1-13(2)17-9-7-15(5)11-19(17)27-21(25)23-24-22(26)28-20-12-16(6)8-10-18(20)14(3)4/h13-20H,7-12H2,1-6H3/b24-23+. The van der Waals surface area contributed by atoms with Crippen LogP contribution >= 0.6 is 0 Å². The van der Waals surface area contributed by atoms with Crippen LogP contribution in [0.3, 0.4) is 0 Å². The Bertz CT molecular complexity index is 513. The zero-order valence-corrected chi connectivity index (χ0v) is 18.4. The van der Waals surface area contributed by atoms with Crippen LogP contribution in [0.25, 0.3) is 0 Å². The van der Waals surface area contributed by atoms with E-state index in [1.165, 1.54) is 0 Å². The molecule has 2 aliphatic carbocycles. The Labute approximate surface area is 169 Å². The van der Waals surface area contributed by atoms with E-state index in [1.54, 1.807) is 0 Å². The van der Waals surface area contributed by atoms with E-state index >= 15 is 0 Å². The second-order valence-electron chi connectivity index (χ2n) is 9.70. The third-order valence-electron chi connectivity index (χ3n) is 6.64. The Kier molecular flexibility index (Phi) is 8.44. The molecule has 2 aliphatic rings. The van der Waals surface area contributed by atoms with Gasteiger partial charge in [-0.15, -0.1) is 0 Å². The molecule has 0 aromatic carbocycles. The fraction of sp³-hybridized carbons (Fsp3) is 0.909. The van der Waals surface area contributed by atoms with Crippen LogP contribution in [0.4, 0.5) is 9.59 Å². The summed E-state index contributed by atoms with van der Waals surface area (Å²) in [5.74, 6) is 2.59. The molecule has 0 aliphatic heterocycles. The van der Waals surface area contributed by atoms with Crippen molar-refractivity contribution in [2.75, 3.05) is 0 Å². The molecular weight excluding hydrogens is 356 g/mol. The molecule has 2 saturated carbocycles. The van der Waals surface area contributed by atoms with Crippen LogP contribution in [0.15, 0.2) is 10.2 Å². The summed E-state index contributed by atoms with van der Waals surface area (Å²) in [6, 6.07) is 0. The molecule has 0 N–H and O–H groups in total. The lowest BCUT2D eigenvalue weighted by Crippen LogP contribution is -2.35. The van der Waals surface area contributed by atoms with Crippen LogP contribution in [-0.4, -0.2) is 24.4 Å². The third kappa shape index (κ3) is 6.56. The highest BCUT2D eigenvalue weighted by Gasteiger charge is 2.35. The first-order valence-corrected chi connectivity index (χ1v) is 11.0. The summed E-state index contributed by atoms with van der Waals surface area (Å²) in [6.45, 7) is 12.9. The molecule has 2 amide bonds. The topological polar surface area (TPSA) is 77.3 Å². The van der Waals surface area contributed by atoms with Gasteiger partial charge in [-0.1, -0.05) is 64.6 Å². The van der Waals surface area contributed by atoms with Gasteiger partial charge in [0.1, 0.15) is 12.2 Å². The van der Waals surface area contributed by atoms with Gasteiger partial charge in [0.2, 0.25) is 0 Å². The molecule has 0 bridgehead atoms. The minimum Gasteiger partial charge on any atom is -0.443 e. The summed E-state index contributed by atoms with van der Waals surface area (Å²) >= 11 is 0. The second-order valence-corrected chi connectivity index (χ2v) is 9.70. The average Bonchev–Trinajstić information content (AvgIpc) is 2.59. The van der Waals surface area contributed by atoms with Gasteiger partial charge in [-0.3, -0.25) is 0 Å².